The van der Waals surface area contributed by atoms with Crippen LogP contribution >= 0.6 is 0 Å². The Morgan fingerprint density at radius 2 is 1.97 bits per heavy atom. The summed E-state index contributed by atoms with van der Waals surface area (Å²) in [7, 11) is 0. The normalized spacial score (nSPS) is 23.0. The number of aryl methyl sites for hydroxylation is 2. The summed E-state index contributed by atoms with van der Waals surface area (Å²) < 4.78 is 5.73. The van der Waals surface area contributed by atoms with Crippen molar-refractivity contribution < 1.29 is 14.3 Å². The second-order valence-corrected chi connectivity index (χ2v) is 9.16. The molecule has 5 nitrogen and oxygen atoms in total. The van der Waals surface area contributed by atoms with Gasteiger partial charge in [-0.15, -0.1) is 0 Å². The molecule has 0 bridgehead atoms. The minimum atomic E-state index is -0.0311. The Balaban J connectivity index is 1.41. The third-order valence-corrected chi connectivity index (χ3v) is 7.12. The van der Waals surface area contributed by atoms with E-state index in [1.165, 1.54) is 16.7 Å². The molecule has 2 aromatic carbocycles. The molecule has 0 aliphatic carbocycles. The van der Waals surface area contributed by atoms with E-state index in [1.807, 2.05) is 28.0 Å². The molecule has 2 amide bonds. The van der Waals surface area contributed by atoms with Crippen LogP contribution in [0.25, 0.3) is 0 Å². The fraction of sp³-hybridized carbons (Fsp3) is 0.462. The van der Waals surface area contributed by atoms with Crippen molar-refractivity contribution in [2.45, 2.75) is 58.2 Å². The molecule has 2 atom stereocenters. The van der Waals surface area contributed by atoms with Gasteiger partial charge in [0.25, 0.3) is 11.8 Å². The van der Waals surface area contributed by atoms with E-state index in [-0.39, 0.29) is 24.0 Å². The van der Waals surface area contributed by atoms with Gasteiger partial charge < -0.3 is 14.5 Å². The van der Waals surface area contributed by atoms with Crippen LogP contribution in [0, 0.1) is 13.8 Å². The Labute approximate surface area is 184 Å². The Morgan fingerprint density at radius 1 is 1.10 bits per heavy atom. The van der Waals surface area contributed by atoms with Gasteiger partial charge in [0.05, 0.1) is 23.3 Å². The lowest BCUT2D eigenvalue weighted by Gasteiger charge is -2.26. The number of carbonyl (C=O) groups is 2. The number of ether oxygens (including phenoxy) is 1. The van der Waals surface area contributed by atoms with Crippen LogP contribution in [-0.2, 0) is 11.3 Å². The zero-order valence-electron chi connectivity index (χ0n) is 18.4. The molecular formula is C26H30N2O3. The maximum atomic E-state index is 13.7. The summed E-state index contributed by atoms with van der Waals surface area (Å²) in [6.45, 7) is 6.90. The molecule has 5 heteroatoms. The summed E-state index contributed by atoms with van der Waals surface area (Å²) in [5.74, 6) is -0.0544. The number of carbonyl (C=O) groups excluding carboxylic acids is 2. The van der Waals surface area contributed by atoms with Crippen LogP contribution in [0.1, 0.15) is 74.7 Å². The summed E-state index contributed by atoms with van der Waals surface area (Å²) in [6.07, 6.45) is 4.11. The average molecular weight is 419 g/mol. The third-order valence-electron chi connectivity index (χ3n) is 7.12. The topological polar surface area (TPSA) is 49.9 Å². The number of likely N-dealkylation sites (tertiary alicyclic amines) is 1. The van der Waals surface area contributed by atoms with Crippen LogP contribution in [0.5, 0.6) is 0 Å². The van der Waals surface area contributed by atoms with Gasteiger partial charge in [0, 0.05) is 26.2 Å². The molecule has 0 aromatic heterocycles. The molecule has 2 fully saturated rings. The smallest absolute Gasteiger partial charge is 0.255 e. The van der Waals surface area contributed by atoms with Gasteiger partial charge in [-0.2, -0.15) is 0 Å². The van der Waals surface area contributed by atoms with Crippen LogP contribution < -0.4 is 0 Å². The van der Waals surface area contributed by atoms with Gasteiger partial charge in [-0.1, -0.05) is 30.3 Å². The number of rotatable bonds is 4. The zero-order valence-corrected chi connectivity index (χ0v) is 18.4. The van der Waals surface area contributed by atoms with Crippen molar-refractivity contribution in [1.82, 2.24) is 9.80 Å². The van der Waals surface area contributed by atoms with E-state index < -0.39 is 0 Å². The van der Waals surface area contributed by atoms with Crippen molar-refractivity contribution in [3.8, 4) is 0 Å². The predicted octanol–water partition coefficient (Wildman–Crippen LogP) is 4.42. The first-order valence-electron chi connectivity index (χ1n) is 11.4. The van der Waals surface area contributed by atoms with Gasteiger partial charge in [-0.25, -0.2) is 0 Å². The third kappa shape index (κ3) is 3.65. The molecule has 162 valence electrons. The van der Waals surface area contributed by atoms with Crippen LogP contribution in [0.3, 0.4) is 0 Å². The fourth-order valence-electron chi connectivity index (χ4n) is 5.26. The van der Waals surface area contributed by atoms with Crippen molar-refractivity contribution in [2.24, 2.45) is 0 Å². The highest BCUT2D eigenvalue weighted by Gasteiger charge is 2.37. The Kier molecular flexibility index (Phi) is 5.30. The van der Waals surface area contributed by atoms with E-state index in [2.05, 4.69) is 32.0 Å². The number of benzene rings is 2. The second kappa shape index (κ2) is 8.12. The predicted molar refractivity (Wildman–Crippen MR) is 119 cm³/mol. The standard InChI is InChI=1S/C26H30N2O3/c1-17-10-11-19(14-18(17)2)23-9-4-12-28(23)25(29)22-8-3-6-20-15-27(26(30)24(20)22)16-21-7-5-13-31-21/h3,6,8,10-11,14,21,23H,4-5,7,9,12-13,15-16H2,1-2H3/t21-,23+/m1/s1. The number of nitrogens with zero attached hydrogens (tertiary/aromatic N) is 2. The van der Waals surface area contributed by atoms with E-state index in [0.717, 1.165) is 44.4 Å². The number of hydrogen-bond donors (Lipinski definition) is 0. The first-order chi connectivity index (χ1) is 15.0. The Bertz CT molecular complexity index is 1030. The Hall–Kier alpha value is -2.66. The van der Waals surface area contributed by atoms with Crippen LogP contribution in [0.4, 0.5) is 0 Å². The SMILES string of the molecule is Cc1ccc([C@@H]2CCCN2C(=O)c2cccc3c2C(=O)N(C[C@H]2CCCO2)C3)cc1C. The van der Waals surface area contributed by atoms with Crippen LogP contribution in [-0.4, -0.2) is 47.4 Å². The molecule has 3 aliphatic heterocycles. The highest BCUT2D eigenvalue weighted by Crippen LogP contribution is 2.36. The summed E-state index contributed by atoms with van der Waals surface area (Å²) >= 11 is 0. The lowest BCUT2D eigenvalue weighted by atomic mass is 9.98. The number of fused-ring (bicyclic) bond motifs is 1. The zero-order chi connectivity index (χ0) is 21.5. The van der Waals surface area contributed by atoms with Gasteiger partial charge in [-0.05, 0) is 67.9 Å². The first kappa shape index (κ1) is 20.3. The molecular weight excluding hydrogens is 388 g/mol. The number of amides is 2. The highest BCUT2D eigenvalue weighted by molar-refractivity contribution is 6.09. The van der Waals surface area contributed by atoms with Crippen molar-refractivity contribution in [2.75, 3.05) is 19.7 Å². The van der Waals surface area contributed by atoms with Gasteiger partial charge in [0.2, 0.25) is 0 Å². The molecule has 5 rings (SSSR count). The number of hydrogen-bond acceptors (Lipinski definition) is 3. The van der Waals surface area contributed by atoms with Crippen molar-refractivity contribution in [3.63, 3.8) is 0 Å². The second-order valence-electron chi connectivity index (χ2n) is 9.16. The monoisotopic (exact) mass is 418 g/mol. The van der Waals surface area contributed by atoms with E-state index in [4.69, 9.17) is 4.74 Å². The van der Waals surface area contributed by atoms with Crippen LogP contribution in [0.15, 0.2) is 36.4 Å². The van der Waals surface area contributed by atoms with Gasteiger partial charge in [0.1, 0.15) is 0 Å². The molecule has 0 radical (unpaired) electrons. The molecule has 3 aliphatic rings. The molecule has 3 heterocycles. The molecule has 31 heavy (non-hydrogen) atoms. The summed E-state index contributed by atoms with van der Waals surface area (Å²) in [4.78, 5) is 30.7. The molecule has 0 N–H and O–H groups in total. The van der Waals surface area contributed by atoms with Crippen LogP contribution in [0.2, 0.25) is 0 Å². The minimum Gasteiger partial charge on any atom is -0.376 e. The molecule has 0 saturated carbocycles. The van der Waals surface area contributed by atoms with Gasteiger partial charge >= 0.3 is 0 Å². The molecule has 0 unspecified atom stereocenters. The van der Waals surface area contributed by atoms with Gasteiger partial charge in [0.15, 0.2) is 0 Å². The van der Waals surface area contributed by atoms with E-state index in [1.54, 1.807) is 0 Å². The largest absolute Gasteiger partial charge is 0.376 e. The first-order valence-corrected chi connectivity index (χ1v) is 11.4. The Morgan fingerprint density at radius 3 is 2.74 bits per heavy atom. The summed E-state index contributed by atoms with van der Waals surface area (Å²) in [5, 5.41) is 0. The molecule has 0 spiro atoms. The average Bonchev–Trinajstić information content (AvgIpc) is 3.51. The van der Waals surface area contributed by atoms with E-state index in [0.29, 0.717) is 24.2 Å². The van der Waals surface area contributed by atoms with Gasteiger partial charge in [-0.3, -0.25) is 9.59 Å². The summed E-state index contributed by atoms with van der Waals surface area (Å²) in [6, 6.07) is 12.3. The van der Waals surface area contributed by atoms with Crippen molar-refractivity contribution >= 4 is 11.8 Å². The lowest BCUT2D eigenvalue weighted by molar-refractivity contribution is 0.0542. The van der Waals surface area contributed by atoms with Crippen molar-refractivity contribution in [3.05, 3.63) is 69.8 Å². The highest BCUT2D eigenvalue weighted by atomic mass is 16.5. The van der Waals surface area contributed by atoms with E-state index >= 15 is 0 Å². The maximum Gasteiger partial charge on any atom is 0.255 e. The molecule has 2 saturated heterocycles. The molecule has 2 aromatic rings. The van der Waals surface area contributed by atoms with Crippen molar-refractivity contribution in [1.29, 1.82) is 0 Å². The maximum absolute atomic E-state index is 13.7. The fourth-order valence-corrected chi connectivity index (χ4v) is 5.26. The minimum absolute atomic E-state index is 0.0232. The van der Waals surface area contributed by atoms with E-state index in [9.17, 15) is 9.59 Å². The lowest BCUT2D eigenvalue weighted by Crippen LogP contribution is -2.34. The summed E-state index contributed by atoms with van der Waals surface area (Å²) in [5.41, 5.74) is 5.79. The quantitative estimate of drug-likeness (QED) is 0.739.